The molecule has 100 valence electrons. The normalized spacial score (nSPS) is 10.7. The van der Waals surface area contributed by atoms with Crippen LogP contribution in [0.4, 0.5) is 0 Å². The van der Waals surface area contributed by atoms with Crippen molar-refractivity contribution in [3.63, 3.8) is 0 Å². The van der Waals surface area contributed by atoms with E-state index in [1.54, 1.807) is 7.11 Å². The second-order valence-electron chi connectivity index (χ2n) is 4.62. The van der Waals surface area contributed by atoms with E-state index >= 15 is 0 Å². The fraction of sp³-hybridized carbons (Fsp3) is 0.312. The third kappa shape index (κ3) is 4.07. The molecule has 0 fully saturated rings. The molecule has 0 spiro atoms. The molecule has 19 heavy (non-hydrogen) atoms. The number of methoxy groups -OCH3 is 1. The van der Waals surface area contributed by atoms with Crippen molar-refractivity contribution in [2.45, 2.75) is 13.0 Å². The van der Waals surface area contributed by atoms with Crippen molar-refractivity contribution in [3.8, 4) is 5.75 Å². The van der Waals surface area contributed by atoms with Gasteiger partial charge in [-0.25, -0.2) is 0 Å². The zero-order valence-corrected chi connectivity index (χ0v) is 11.5. The Balaban J connectivity index is 1.89. The lowest BCUT2D eigenvalue weighted by atomic mass is 10.2. The SMILES string of the molecule is COc1ccccc1CN(C)CCc1ccccn1. The molecular formula is C16H20N2O. The van der Waals surface area contributed by atoms with Crippen LogP contribution in [0.2, 0.25) is 0 Å². The van der Waals surface area contributed by atoms with E-state index in [1.807, 2.05) is 36.5 Å². The Morgan fingerprint density at radius 2 is 1.89 bits per heavy atom. The van der Waals surface area contributed by atoms with Crippen LogP contribution in [-0.2, 0) is 13.0 Å². The largest absolute Gasteiger partial charge is 0.496 e. The molecule has 1 aromatic carbocycles. The van der Waals surface area contributed by atoms with E-state index in [9.17, 15) is 0 Å². The van der Waals surface area contributed by atoms with Crippen LogP contribution in [-0.4, -0.2) is 30.6 Å². The Kier molecular flexibility index (Phi) is 4.93. The predicted octanol–water partition coefficient (Wildman–Crippen LogP) is 2.76. The van der Waals surface area contributed by atoms with Gasteiger partial charge in [0.1, 0.15) is 5.75 Å². The molecule has 1 aromatic heterocycles. The molecule has 0 unspecified atom stereocenters. The van der Waals surface area contributed by atoms with Crippen LogP contribution in [0.3, 0.4) is 0 Å². The fourth-order valence-corrected chi connectivity index (χ4v) is 2.05. The lowest BCUT2D eigenvalue weighted by Crippen LogP contribution is -2.21. The smallest absolute Gasteiger partial charge is 0.123 e. The maximum Gasteiger partial charge on any atom is 0.123 e. The van der Waals surface area contributed by atoms with Gasteiger partial charge in [0.25, 0.3) is 0 Å². The number of hydrogen-bond donors (Lipinski definition) is 0. The highest BCUT2D eigenvalue weighted by molar-refractivity contribution is 5.33. The molecule has 0 aliphatic rings. The van der Waals surface area contributed by atoms with Crippen LogP contribution in [0.25, 0.3) is 0 Å². The summed E-state index contributed by atoms with van der Waals surface area (Å²) in [6.45, 7) is 1.87. The van der Waals surface area contributed by atoms with E-state index in [0.29, 0.717) is 0 Å². The molecule has 0 bridgehead atoms. The minimum atomic E-state index is 0.886. The molecule has 3 nitrogen and oxygen atoms in total. The number of benzene rings is 1. The summed E-state index contributed by atoms with van der Waals surface area (Å²) in [6, 6.07) is 14.2. The highest BCUT2D eigenvalue weighted by atomic mass is 16.5. The molecule has 0 aliphatic heterocycles. The first kappa shape index (κ1) is 13.6. The molecule has 0 atom stereocenters. The number of rotatable bonds is 6. The molecule has 0 radical (unpaired) electrons. The van der Waals surface area contributed by atoms with Crippen molar-refractivity contribution in [1.82, 2.24) is 9.88 Å². The Bertz CT molecular complexity index is 499. The first-order valence-electron chi connectivity index (χ1n) is 6.50. The summed E-state index contributed by atoms with van der Waals surface area (Å²) in [5, 5.41) is 0. The zero-order valence-electron chi connectivity index (χ0n) is 11.5. The summed E-state index contributed by atoms with van der Waals surface area (Å²) in [5.74, 6) is 0.951. The Hall–Kier alpha value is -1.87. The van der Waals surface area contributed by atoms with E-state index in [4.69, 9.17) is 4.74 Å². The number of ether oxygens (including phenoxy) is 1. The Morgan fingerprint density at radius 1 is 1.11 bits per heavy atom. The number of hydrogen-bond acceptors (Lipinski definition) is 3. The van der Waals surface area contributed by atoms with E-state index in [-0.39, 0.29) is 0 Å². The van der Waals surface area contributed by atoms with Gasteiger partial charge in [-0.05, 0) is 25.2 Å². The fourth-order valence-electron chi connectivity index (χ4n) is 2.05. The monoisotopic (exact) mass is 256 g/mol. The van der Waals surface area contributed by atoms with Gasteiger partial charge in [0.2, 0.25) is 0 Å². The van der Waals surface area contributed by atoms with Crippen LogP contribution in [0.1, 0.15) is 11.3 Å². The molecule has 0 saturated heterocycles. The number of pyridine rings is 1. The van der Waals surface area contributed by atoms with Crippen LogP contribution >= 0.6 is 0 Å². The average Bonchev–Trinajstić information content (AvgIpc) is 2.47. The molecule has 1 heterocycles. The molecule has 0 aliphatic carbocycles. The molecule has 2 aromatic rings. The molecule has 0 amide bonds. The number of para-hydroxylation sites is 1. The highest BCUT2D eigenvalue weighted by Crippen LogP contribution is 2.18. The Labute approximate surface area is 114 Å². The topological polar surface area (TPSA) is 25.4 Å². The van der Waals surface area contributed by atoms with Gasteiger partial charge in [0.05, 0.1) is 7.11 Å². The zero-order chi connectivity index (χ0) is 13.5. The number of likely N-dealkylation sites (N-methyl/N-ethyl adjacent to an activating group) is 1. The van der Waals surface area contributed by atoms with E-state index in [0.717, 1.165) is 31.0 Å². The van der Waals surface area contributed by atoms with Gasteiger partial charge >= 0.3 is 0 Å². The predicted molar refractivity (Wildman–Crippen MR) is 77.3 cm³/mol. The van der Waals surface area contributed by atoms with Crippen LogP contribution in [0.15, 0.2) is 48.7 Å². The van der Waals surface area contributed by atoms with Crippen molar-refractivity contribution in [2.24, 2.45) is 0 Å². The van der Waals surface area contributed by atoms with Gasteiger partial charge in [-0.1, -0.05) is 24.3 Å². The van der Waals surface area contributed by atoms with Crippen LogP contribution in [0.5, 0.6) is 5.75 Å². The standard InChI is InChI=1S/C16H20N2O/c1-18(12-10-15-8-5-6-11-17-15)13-14-7-3-4-9-16(14)19-2/h3-9,11H,10,12-13H2,1-2H3. The summed E-state index contributed by atoms with van der Waals surface area (Å²) in [7, 11) is 3.84. The quantitative estimate of drug-likeness (QED) is 0.794. The van der Waals surface area contributed by atoms with Gasteiger partial charge < -0.3 is 9.64 Å². The minimum absolute atomic E-state index is 0.886. The maximum absolute atomic E-state index is 5.37. The molecule has 0 saturated carbocycles. The van der Waals surface area contributed by atoms with Crippen molar-refractivity contribution < 1.29 is 4.74 Å². The molecule has 3 heteroatoms. The summed E-state index contributed by atoms with van der Waals surface area (Å²) < 4.78 is 5.37. The second kappa shape index (κ2) is 6.90. The number of aromatic nitrogens is 1. The first-order chi connectivity index (χ1) is 9.29. The summed E-state index contributed by atoms with van der Waals surface area (Å²) >= 11 is 0. The molecule has 2 rings (SSSR count). The minimum Gasteiger partial charge on any atom is -0.496 e. The van der Waals surface area contributed by atoms with Gasteiger partial charge in [-0.3, -0.25) is 4.98 Å². The third-order valence-electron chi connectivity index (χ3n) is 3.11. The second-order valence-corrected chi connectivity index (χ2v) is 4.62. The maximum atomic E-state index is 5.37. The van der Waals surface area contributed by atoms with E-state index in [2.05, 4.69) is 29.1 Å². The summed E-state index contributed by atoms with van der Waals surface area (Å²) in [6.07, 6.45) is 2.81. The lowest BCUT2D eigenvalue weighted by molar-refractivity contribution is 0.320. The van der Waals surface area contributed by atoms with Crippen molar-refractivity contribution in [1.29, 1.82) is 0 Å². The van der Waals surface area contributed by atoms with Gasteiger partial charge in [-0.2, -0.15) is 0 Å². The number of nitrogens with zero attached hydrogens (tertiary/aromatic N) is 2. The van der Waals surface area contributed by atoms with Gasteiger partial charge in [0.15, 0.2) is 0 Å². The van der Waals surface area contributed by atoms with Crippen molar-refractivity contribution in [3.05, 3.63) is 59.9 Å². The molecular weight excluding hydrogens is 236 g/mol. The van der Waals surface area contributed by atoms with E-state index < -0.39 is 0 Å². The van der Waals surface area contributed by atoms with Crippen molar-refractivity contribution in [2.75, 3.05) is 20.7 Å². The summed E-state index contributed by atoms with van der Waals surface area (Å²) in [4.78, 5) is 6.62. The van der Waals surface area contributed by atoms with Crippen LogP contribution in [0, 0.1) is 0 Å². The van der Waals surface area contributed by atoms with Gasteiger partial charge in [0, 0.05) is 37.0 Å². The first-order valence-corrected chi connectivity index (χ1v) is 6.50. The highest BCUT2D eigenvalue weighted by Gasteiger charge is 2.05. The average molecular weight is 256 g/mol. The lowest BCUT2D eigenvalue weighted by Gasteiger charge is -2.18. The summed E-state index contributed by atoms with van der Waals surface area (Å²) in [5.41, 5.74) is 2.35. The third-order valence-corrected chi connectivity index (χ3v) is 3.11. The van der Waals surface area contributed by atoms with Crippen LogP contribution < -0.4 is 4.74 Å². The molecule has 0 N–H and O–H groups in total. The van der Waals surface area contributed by atoms with Gasteiger partial charge in [-0.15, -0.1) is 0 Å². The Morgan fingerprint density at radius 3 is 2.63 bits per heavy atom. The van der Waals surface area contributed by atoms with E-state index in [1.165, 1.54) is 5.56 Å². The van der Waals surface area contributed by atoms with Crippen molar-refractivity contribution >= 4 is 0 Å².